The van der Waals surface area contributed by atoms with Gasteiger partial charge in [0, 0.05) is 18.3 Å². The molecule has 5 nitrogen and oxygen atoms in total. The Bertz CT molecular complexity index is 677. The fraction of sp³-hybridized carbons (Fsp3) is 0.294. The highest BCUT2D eigenvalue weighted by molar-refractivity contribution is 6.22. The molecule has 116 valence electrons. The van der Waals surface area contributed by atoms with Gasteiger partial charge in [0.15, 0.2) is 5.78 Å². The lowest BCUT2D eigenvalue weighted by Gasteiger charge is -2.15. The fourth-order valence-electron chi connectivity index (χ4n) is 2.25. The Morgan fingerprint density at radius 3 is 2.41 bits per heavy atom. The van der Waals surface area contributed by atoms with Gasteiger partial charge in [-0.05, 0) is 55.7 Å². The molecule has 0 radical (unpaired) electrons. The molecule has 0 unspecified atom stereocenters. The first-order valence-electron chi connectivity index (χ1n) is 7.17. The first-order valence-corrected chi connectivity index (χ1v) is 7.17. The summed E-state index contributed by atoms with van der Waals surface area (Å²) >= 11 is 0. The summed E-state index contributed by atoms with van der Waals surface area (Å²) in [5.74, 6) is -0.0518. The van der Waals surface area contributed by atoms with E-state index in [1.54, 1.807) is 13.0 Å². The van der Waals surface area contributed by atoms with Crippen LogP contribution in [0.25, 0.3) is 0 Å². The lowest BCUT2D eigenvalue weighted by molar-refractivity contribution is -0.111. The molecule has 1 aromatic carbocycles. The zero-order valence-electron chi connectivity index (χ0n) is 13.1. The topological polar surface area (TPSA) is 87.7 Å². The van der Waals surface area contributed by atoms with Crippen LogP contribution in [0.4, 0.5) is 11.4 Å². The fourth-order valence-corrected chi connectivity index (χ4v) is 2.25. The van der Waals surface area contributed by atoms with Gasteiger partial charge in [-0.2, -0.15) is 0 Å². The molecule has 0 saturated heterocycles. The largest absolute Gasteiger partial charge is 0.398 e. The summed E-state index contributed by atoms with van der Waals surface area (Å²) in [7, 11) is 0. The summed E-state index contributed by atoms with van der Waals surface area (Å²) in [6, 6.07) is 3.83. The van der Waals surface area contributed by atoms with Crippen LogP contribution in [0.1, 0.15) is 18.1 Å². The molecule has 0 fully saturated rings. The zero-order valence-corrected chi connectivity index (χ0v) is 13.1. The Morgan fingerprint density at radius 2 is 1.82 bits per heavy atom. The number of carbonyl (C=O) groups excluding carboxylic acids is 1. The average molecular weight is 299 g/mol. The third kappa shape index (κ3) is 3.43. The Balaban J connectivity index is 2.42. The van der Waals surface area contributed by atoms with Crippen LogP contribution in [0.3, 0.4) is 0 Å². The van der Waals surface area contributed by atoms with Crippen molar-refractivity contribution in [1.29, 1.82) is 0 Å². The Labute approximate surface area is 130 Å². The number of anilines is 1. The maximum Gasteiger partial charge on any atom is 0.183 e. The van der Waals surface area contributed by atoms with Crippen LogP contribution in [0.2, 0.25) is 0 Å². The number of aryl methyl sites for hydroxylation is 2. The Hall–Kier alpha value is -2.40. The highest BCUT2D eigenvalue weighted by Crippen LogP contribution is 2.25. The normalized spacial score (nSPS) is 16.5. The molecule has 4 N–H and O–H groups in total. The number of benzene rings is 1. The van der Waals surface area contributed by atoms with Gasteiger partial charge in [-0.25, -0.2) is 4.99 Å². The number of carbonyl (C=O) groups is 1. The molecule has 0 bridgehead atoms. The molecule has 1 aliphatic carbocycles. The second-order valence-corrected chi connectivity index (χ2v) is 5.39. The van der Waals surface area contributed by atoms with Gasteiger partial charge in [-0.1, -0.05) is 0 Å². The number of nitrogen functional groups attached to an aromatic ring is 1. The third-order valence-corrected chi connectivity index (χ3v) is 3.55. The average Bonchev–Trinajstić information content (AvgIpc) is 2.46. The lowest BCUT2D eigenvalue weighted by Crippen LogP contribution is -2.26. The van der Waals surface area contributed by atoms with Crippen molar-refractivity contribution in [1.82, 2.24) is 5.32 Å². The van der Waals surface area contributed by atoms with Crippen molar-refractivity contribution in [3.8, 4) is 0 Å². The van der Waals surface area contributed by atoms with Crippen molar-refractivity contribution >= 4 is 22.9 Å². The highest BCUT2D eigenvalue weighted by Gasteiger charge is 2.16. The van der Waals surface area contributed by atoms with Crippen molar-refractivity contribution in [3.63, 3.8) is 0 Å². The van der Waals surface area contributed by atoms with E-state index < -0.39 is 0 Å². The molecular formula is C17H21N3O2. The van der Waals surface area contributed by atoms with Crippen molar-refractivity contribution in [2.75, 3.05) is 18.9 Å². The molecule has 1 aliphatic rings. The van der Waals surface area contributed by atoms with Gasteiger partial charge in [-0.3, -0.25) is 4.79 Å². The van der Waals surface area contributed by atoms with Crippen LogP contribution < -0.4 is 11.1 Å². The van der Waals surface area contributed by atoms with Gasteiger partial charge in [0.05, 0.1) is 23.7 Å². The van der Waals surface area contributed by atoms with E-state index in [9.17, 15) is 4.79 Å². The molecule has 0 amide bonds. The SMILES string of the molecule is CC1=C/C(=N/c2cc(C)c(N)c(C)c2)C(NCCO)=CC1=O. The number of hydrogen-bond acceptors (Lipinski definition) is 5. The number of nitrogens with two attached hydrogens (primary N) is 1. The third-order valence-electron chi connectivity index (χ3n) is 3.55. The summed E-state index contributed by atoms with van der Waals surface area (Å²) in [6.45, 7) is 6.00. The van der Waals surface area contributed by atoms with Gasteiger partial charge >= 0.3 is 0 Å². The summed E-state index contributed by atoms with van der Waals surface area (Å²) in [5, 5.41) is 12.0. The second-order valence-electron chi connectivity index (χ2n) is 5.39. The highest BCUT2D eigenvalue weighted by atomic mass is 16.3. The quantitative estimate of drug-likeness (QED) is 0.586. The van der Waals surface area contributed by atoms with E-state index in [4.69, 9.17) is 10.8 Å². The number of ketones is 1. The van der Waals surface area contributed by atoms with E-state index in [1.807, 2.05) is 26.0 Å². The number of aliphatic hydroxyl groups excluding tert-OH is 1. The molecule has 0 saturated carbocycles. The summed E-state index contributed by atoms with van der Waals surface area (Å²) in [4.78, 5) is 16.4. The van der Waals surface area contributed by atoms with Crippen LogP contribution in [0.5, 0.6) is 0 Å². The van der Waals surface area contributed by atoms with E-state index in [0.29, 0.717) is 23.5 Å². The monoisotopic (exact) mass is 299 g/mol. The van der Waals surface area contributed by atoms with Crippen molar-refractivity contribution in [2.45, 2.75) is 20.8 Å². The molecule has 0 atom stereocenters. The van der Waals surface area contributed by atoms with Crippen LogP contribution in [-0.2, 0) is 4.79 Å². The zero-order chi connectivity index (χ0) is 16.3. The van der Waals surface area contributed by atoms with Gasteiger partial charge in [0.25, 0.3) is 0 Å². The van der Waals surface area contributed by atoms with Crippen LogP contribution >= 0.6 is 0 Å². The van der Waals surface area contributed by atoms with Crippen molar-refractivity contribution in [2.24, 2.45) is 4.99 Å². The summed E-state index contributed by atoms with van der Waals surface area (Å²) in [6.07, 6.45) is 3.27. The first kappa shape index (κ1) is 16.0. The van der Waals surface area contributed by atoms with Crippen LogP contribution in [0, 0.1) is 13.8 Å². The predicted octanol–water partition coefficient (Wildman–Crippen LogP) is 1.95. The maximum absolute atomic E-state index is 11.8. The van der Waals surface area contributed by atoms with E-state index in [-0.39, 0.29) is 12.4 Å². The number of aliphatic hydroxyl groups is 1. The standard InChI is InChI=1S/C17H21N3O2/c1-10-8-15(14(9-16(10)22)19-4-5-21)20-13-6-11(2)17(18)12(3)7-13/h6-9,19,21H,4-5,18H2,1-3H3/b20-15-. The molecule has 2 rings (SSSR count). The summed E-state index contributed by atoms with van der Waals surface area (Å²) in [5.41, 5.74) is 11.4. The van der Waals surface area contributed by atoms with E-state index in [0.717, 1.165) is 22.5 Å². The maximum atomic E-state index is 11.8. The van der Waals surface area contributed by atoms with E-state index in [1.165, 1.54) is 6.08 Å². The van der Waals surface area contributed by atoms with Gasteiger partial charge in [0.2, 0.25) is 0 Å². The van der Waals surface area contributed by atoms with Gasteiger partial charge in [-0.15, -0.1) is 0 Å². The number of rotatable bonds is 4. The molecule has 22 heavy (non-hydrogen) atoms. The molecule has 1 aromatic rings. The molecule has 0 heterocycles. The number of nitrogens with zero attached hydrogens (tertiary/aromatic N) is 1. The van der Waals surface area contributed by atoms with Crippen molar-refractivity contribution in [3.05, 3.63) is 46.7 Å². The first-order chi connectivity index (χ1) is 10.4. The Kier molecular flexibility index (Phi) is 4.78. The lowest BCUT2D eigenvalue weighted by atomic mass is 10.0. The number of nitrogens with one attached hydrogen (secondary N) is 1. The van der Waals surface area contributed by atoms with Gasteiger partial charge < -0.3 is 16.2 Å². The molecule has 5 heteroatoms. The van der Waals surface area contributed by atoms with E-state index in [2.05, 4.69) is 10.3 Å². The molecule has 0 aromatic heterocycles. The second kappa shape index (κ2) is 6.58. The number of allylic oxidation sites excluding steroid dienone is 3. The van der Waals surface area contributed by atoms with Crippen LogP contribution in [0.15, 0.2) is 40.5 Å². The molecular weight excluding hydrogens is 278 g/mol. The van der Waals surface area contributed by atoms with Crippen molar-refractivity contribution < 1.29 is 9.90 Å². The number of hydrogen-bond donors (Lipinski definition) is 3. The Morgan fingerprint density at radius 1 is 1.18 bits per heavy atom. The number of aliphatic imine (C=N–C) groups is 1. The molecule has 0 spiro atoms. The minimum atomic E-state index is -0.0518. The molecule has 0 aliphatic heterocycles. The smallest absolute Gasteiger partial charge is 0.183 e. The van der Waals surface area contributed by atoms with Gasteiger partial charge in [0.1, 0.15) is 0 Å². The minimum Gasteiger partial charge on any atom is -0.398 e. The minimum absolute atomic E-state index is 0.0123. The predicted molar refractivity (Wildman–Crippen MR) is 89.4 cm³/mol. The van der Waals surface area contributed by atoms with E-state index >= 15 is 0 Å². The summed E-state index contributed by atoms with van der Waals surface area (Å²) < 4.78 is 0. The van der Waals surface area contributed by atoms with Crippen LogP contribution in [-0.4, -0.2) is 29.8 Å².